The molecule has 2 atom stereocenters. The van der Waals surface area contributed by atoms with Crippen LogP contribution >= 0.6 is 0 Å². The van der Waals surface area contributed by atoms with Gasteiger partial charge in [0.1, 0.15) is 0 Å². The lowest BCUT2D eigenvalue weighted by Gasteiger charge is -2.37. The van der Waals surface area contributed by atoms with Crippen molar-refractivity contribution >= 4 is 0 Å². The molecule has 5 heteroatoms. The van der Waals surface area contributed by atoms with Crippen LogP contribution in [0.1, 0.15) is 64.0 Å². The molecule has 1 aromatic heterocycles. The summed E-state index contributed by atoms with van der Waals surface area (Å²) < 4.78 is 1.99. The predicted octanol–water partition coefficient (Wildman–Crippen LogP) is 2.41. The van der Waals surface area contributed by atoms with Gasteiger partial charge in [-0.05, 0) is 51.0 Å². The molecule has 1 aliphatic carbocycles. The second-order valence-electron chi connectivity index (χ2n) is 8.50. The van der Waals surface area contributed by atoms with Gasteiger partial charge < -0.3 is 10.2 Å². The van der Waals surface area contributed by atoms with Crippen LogP contribution in [0.5, 0.6) is 0 Å². The molecule has 0 aromatic carbocycles. The Morgan fingerprint density at radius 2 is 2.00 bits per heavy atom. The van der Waals surface area contributed by atoms with Crippen LogP contribution in [0.3, 0.4) is 0 Å². The monoisotopic (exact) mass is 335 g/mol. The molecule has 2 fully saturated rings. The SMILES string of the molecule is CC1CCC(O)(CN2C[C@@H](CO)[C@H](c3cnn(C(C)C)c3)C2)CC1. The molecule has 1 aromatic rings. The molecule has 1 saturated carbocycles. The van der Waals surface area contributed by atoms with Crippen LogP contribution in [0.25, 0.3) is 0 Å². The Morgan fingerprint density at radius 3 is 2.58 bits per heavy atom. The van der Waals surface area contributed by atoms with Crippen molar-refractivity contribution in [1.82, 2.24) is 14.7 Å². The maximum Gasteiger partial charge on any atom is 0.0774 e. The van der Waals surface area contributed by atoms with Gasteiger partial charge in [-0.25, -0.2) is 0 Å². The maximum atomic E-state index is 10.9. The smallest absolute Gasteiger partial charge is 0.0774 e. The molecule has 0 amide bonds. The van der Waals surface area contributed by atoms with Crippen molar-refractivity contribution in [2.75, 3.05) is 26.2 Å². The van der Waals surface area contributed by atoms with E-state index in [0.717, 1.165) is 51.2 Å². The first kappa shape index (κ1) is 17.9. The van der Waals surface area contributed by atoms with Crippen LogP contribution in [-0.2, 0) is 0 Å². The van der Waals surface area contributed by atoms with Crippen LogP contribution < -0.4 is 0 Å². The van der Waals surface area contributed by atoms with E-state index in [9.17, 15) is 10.2 Å². The Kier molecular flexibility index (Phi) is 5.33. The molecule has 2 heterocycles. The average molecular weight is 335 g/mol. The Labute approximate surface area is 145 Å². The fourth-order valence-corrected chi connectivity index (χ4v) is 4.35. The Bertz CT molecular complexity index is 534. The van der Waals surface area contributed by atoms with Crippen LogP contribution in [-0.4, -0.2) is 56.7 Å². The number of hydrogen-bond donors (Lipinski definition) is 2. The standard InChI is InChI=1S/C19H33N3O2/c1-14(2)22-10-16(8-20-22)18-11-21(9-17(18)12-23)13-19(24)6-4-15(3)5-7-19/h8,10,14-15,17-18,23-24H,4-7,9,11-13H2,1-3H3/t15?,17-,18-,19?/m0/s1. The van der Waals surface area contributed by atoms with Crippen molar-refractivity contribution in [2.45, 2.75) is 64.0 Å². The Hall–Kier alpha value is -0.910. The lowest BCUT2D eigenvalue weighted by Crippen LogP contribution is -2.44. The van der Waals surface area contributed by atoms with E-state index in [-0.39, 0.29) is 12.5 Å². The molecule has 0 bridgehead atoms. The van der Waals surface area contributed by atoms with Gasteiger partial charge in [-0.15, -0.1) is 0 Å². The van der Waals surface area contributed by atoms with Gasteiger partial charge >= 0.3 is 0 Å². The van der Waals surface area contributed by atoms with E-state index in [1.54, 1.807) is 0 Å². The summed E-state index contributed by atoms with van der Waals surface area (Å²) in [5.41, 5.74) is 0.679. The Morgan fingerprint density at radius 1 is 1.29 bits per heavy atom. The van der Waals surface area contributed by atoms with Gasteiger partial charge in [0.15, 0.2) is 0 Å². The molecule has 3 rings (SSSR count). The number of rotatable bonds is 5. The zero-order valence-corrected chi connectivity index (χ0v) is 15.4. The van der Waals surface area contributed by atoms with Gasteiger partial charge in [0.05, 0.1) is 11.8 Å². The topological polar surface area (TPSA) is 61.5 Å². The molecule has 1 aliphatic heterocycles. The summed E-state index contributed by atoms with van der Waals surface area (Å²) in [7, 11) is 0. The summed E-state index contributed by atoms with van der Waals surface area (Å²) >= 11 is 0. The van der Waals surface area contributed by atoms with Crippen molar-refractivity contribution < 1.29 is 10.2 Å². The van der Waals surface area contributed by atoms with E-state index >= 15 is 0 Å². The lowest BCUT2D eigenvalue weighted by atomic mass is 9.79. The second-order valence-corrected chi connectivity index (χ2v) is 8.50. The first-order chi connectivity index (χ1) is 11.4. The highest BCUT2D eigenvalue weighted by molar-refractivity contribution is 5.16. The molecule has 0 radical (unpaired) electrons. The number of β-amino-alcohol motifs (C(OH)–C–C–N with tert-alkyl or cyclic N) is 1. The third-order valence-corrected chi connectivity index (χ3v) is 6.05. The number of aliphatic hydroxyl groups is 2. The minimum absolute atomic E-state index is 0.198. The van der Waals surface area contributed by atoms with Crippen molar-refractivity contribution in [2.24, 2.45) is 11.8 Å². The van der Waals surface area contributed by atoms with Crippen molar-refractivity contribution in [3.8, 4) is 0 Å². The van der Waals surface area contributed by atoms with Crippen molar-refractivity contribution in [1.29, 1.82) is 0 Å². The zero-order chi connectivity index (χ0) is 17.3. The minimum atomic E-state index is -0.538. The van der Waals surface area contributed by atoms with Gasteiger partial charge in [-0.3, -0.25) is 9.58 Å². The highest BCUT2D eigenvalue weighted by atomic mass is 16.3. The van der Waals surface area contributed by atoms with Crippen molar-refractivity contribution in [3.05, 3.63) is 18.0 Å². The number of nitrogens with zero attached hydrogens (tertiary/aromatic N) is 3. The van der Waals surface area contributed by atoms with E-state index in [4.69, 9.17) is 0 Å². The van der Waals surface area contributed by atoms with E-state index in [1.165, 1.54) is 5.56 Å². The molecule has 24 heavy (non-hydrogen) atoms. The molecule has 0 spiro atoms. The van der Waals surface area contributed by atoms with E-state index < -0.39 is 5.60 Å². The van der Waals surface area contributed by atoms with Gasteiger partial charge in [-0.2, -0.15) is 5.10 Å². The lowest BCUT2D eigenvalue weighted by molar-refractivity contribution is -0.0317. The minimum Gasteiger partial charge on any atom is -0.396 e. The molecule has 2 aliphatic rings. The van der Waals surface area contributed by atoms with Crippen LogP contribution in [0, 0.1) is 11.8 Å². The third kappa shape index (κ3) is 3.84. The molecule has 136 valence electrons. The number of likely N-dealkylation sites (tertiary alicyclic amines) is 1. The Balaban J connectivity index is 1.65. The van der Waals surface area contributed by atoms with E-state index in [0.29, 0.717) is 12.0 Å². The molecule has 5 nitrogen and oxygen atoms in total. The summed E-state index contributed by atoms with van der Waals surface area (Å²) in [4.78, 5) is 2.36. The number of aliphatic hydroxyl groups excluding tert-OH is 1. The van der Waals surface area contributed by atoms with E-state index in [2.05, 4.69) is 37.0 Å². The first-order valence-electron chi connectivity index (χ1n) is 9.50. The van der Waals surface area contributed by atoms with Gasteiger partial charge in [0, 0.05) is 50.3 Å². The van der Waals surface area contributed by atoms with Crippen LogP contribution in [0.4, 0.5) is 0 Å². The normalized spacial score (nSPS) is 35.0. The largest absolute Gasteiger partial charge is 0.396 e. The number of aromatic nitrogens is 2. The maximum absolute atomic E-state index is 10.9. The summed E-state index contributed by atoms with van der Waals surface area (Å²) in [5.74, 6) is 1.29. The zero-order valence-electron chi connectivity index (χ0n) is 15.4. The summed E-state index contributed by atoms with van der Waals surface area (Å²) in [6.07, 6.45) is 8.14. The van der Waals surface area contributed by atoms with E-state index in [1.807, 2.05) is 10.9 Å². The quantitative estimate of drug-likeness (QED) is 0.867. The summed E-state index contributed by atoms with van der Waals surface area (Å²) in [6.45, 7) is 9.24. The average Bonchev–Trinajstić information content (AvgIpc) is 3.17. The molecule has 1 saturated heterocycles. The molecule has 0 unspecified atom stereocenters. The van der Waals surface area contributed by atoms with Crippen LogP contribution in [0.2, 0.25) is 0 Å². The first-order valence-corrected chi connectivity index (χ1v) is 9.50. The van der Waals surface area contributed by atoms with Gasteiger partial charge in [-0.1, -0.05) is 6.92 Å². The molecular formula is C19H33N3O2. The van der Waals surface area contributed by atoms with Gasteiger partial charge in [0.25, 0.3) is 0 Å². The predicted molar refractivity (Wildman–Crippen MR) is 95.0 cm³/mol. The van der Waals surface area contributed by atoms with Crippen LogP contribution in [0.15, 0.2) is 12.4 Å². The fraction of sp³-hybridized carbons (Fsp3) is 0.842. The summed E-state index contributed by atoms with van der Waals surface area (Å²) in [6, 6.07) is 0.355. The second kappa shape index (κ2) is 7.14. The highest BCUT2D eigenvalue weighted by Gasteiger charge is 2.39. The third-order valence-electron chi connectivity index (χ3n) is 6.05. The molecule has 2 N–H and O–H groups in total. The van der Waals surface area contributed by atoms with Gasteiger partial charge in [0.2, 0.25) is 0 Å². The van der Waals surface area contributed by atoms with Crippen molar-refractivity contribution in [3.63, 3.8) is 0 Å². The fourth-order valence-electron chi connectivity index (χ4n) is 4.35. The highest BCUT2D eigenvalue weighted by Crippen LogP contribution is 2.37. The number of hydrogen-bond acceptors (Lipinski definition) is 4. The molecular weight excluding hydrogens is 302 g/mol. The summed E-state index contributed by atoms with van der Waals surface area (Å²) in [5, 5.41) is 25.2.